The zero-order chi connectivity index (χ0) is 46.8. The molecule has 0 unspecified atom stereocenters. The zero-order valence-electron chi connectivity index (χ0n) is 39.4. The van der Waals surface area contributed by atoms with Crippen molar-refractivity contribution in [2.24, 2.45) is 0 Å². The molecule has 3 heteroatoms. The van der Waals surface area contributed by atoms with Gasteiger partial charge in [-0.25, -0.2) is 0 Å². The number of anilines is 6. The monoisotopic (exact) mass is 897 g/mol. The standard InChI is InChI=1S/C67H51N3/c1-67(2)62-25-15-14-24-59(62)60-41-40-57(45-63(60)67)69(55-36-28-47(29-37-55)46-26-34-54(35-27-46)68(51-17-6-3-7-18-51)52-19-8-4-9-20-52)56-38-30-48(31-39-56)50-33-42-64-61(44-50)66-58-23-13-12-16-49(58)32-43-65(66)70(64)53-21-10-5-11-22-53/h3-14,16-24,26-45H,15,25H2,1-2H3. The van der Waals surface area contributed by atoms with Crippen molar-refractivity contribution in [3.8, 4) is 27.9 Å². The zero-order valence-corrected chi connectivity index (χ0v) is 39.4. The van der Waals surface area contributed by atoms with Crippen LogP contribution in [0.1, 0.15) is 37.8 Å². The van der Waals surface area contributed by atoms with Crippen LogP contribution in [0.5, 0.6) is 0 Å². The van der Waals surface area contributed by atoms with E-state index in [0.29, 0.717) is 0 Å². The predicted molar refractivity (Wildman–Crippen MR) is 297 cm³/mol. The Morgan fingerprint density at radius 2 is 0.914 bits per heavy atom. The highest BCUT2D eigenvalue weighted by Crippen LogP contribution is 2.52. The van der Waals surface area contributed by atoms with Gasteiger partial charge in [-0.3, -0.25) is 0 Å². The van der Waals surface area contributed by atoms with Crippen LogP contribution in [0.4, 0.5) is 34.1 Å². The number of nitrogens with zero attached hydrogens (tertiary/aromatic N) is 3. The molecule has 1 heterocycles. The number of hydrogen-bond acceptors (Lipinski definition) is 2. The average molecular weight is 898 g/mol. The Bertz CT molecular complexity index is 3770. The van der Waals surface area contributed by atoms with Crippen molar-refractivity contribution >= 4 is 72.3 Å². The molecule has 0 spiro atoms. The first-order chi connectivity index (χ1) is 34.5. The summed E-state index contributed by atoms with van der Waals surface area (Å²) in [6.07, 6.45) is 6.91. The van der Waals surface area contributed by atoms with Gasteiger partial charge in [-0.15, -0.1) is 0 Å². The molecule has 10 aromatic carbocycles. The first-order valence-corrected chi connectivity index (χ1v) is 24.6. The summed E-state index contributed by atoms with van der Waals surface area (Å²) in [7, 11) is 0. The molecule has 334 valence electrons. The molecule has 0 radical (unpaired) electrons. The summed E-state index contributed by atoms with van der Waals surface area (Å²) < 4.78 is 2.41. The molecule has 0 amide bonds. The minimum absolute atomic E-state index is 0.0405. The van der Waals surface area contributed by atoms with Crippen molar-refractivity contribution in [1.29, 1.82) is 0 Å². The van der Waals surface area contributed by atoms with Gasteiger partial charge in [-0.1, -0.05) is 165 Å². The lowest BCUT2D eigenvalue weighted by molar-refractivity contribution is 0.607. The van der Waals surface area contributed by atoms with Crippen molar-refractivity contribution in [2.45, 2.75) is 32.1 Å². The third kappa shape index (κ3) is 6.96. The molecule has 0 fully saturated rings. The maximum Gasteiger partial charge on any atom is 0.0547 e. The van der Waals surface area contributed by atoms with Gasteiger partial charge in [0.2, 0.25) is 0 Å². The van der Waals surface area contributed by atoms with Crippen LogP contribution in [-0.2, 0) is 5.41 Å². The number of fused-ring (bicyclic) bond motifs is 7. The summed E-state index contributed by atoms with van der Waals surface area (Å²) >= 11 is 0. The average Bonchev–Trinajstić information content (AvgIpc) is 3.88. The lowest BCUT2D eigenvalue weighted by Crippen LogP contribution is -2.18. The molecule has 2 aliphatic carbocycles. The molecule has 11 aromatic rings. The van der Waals surface area contributed by atoms with Gasteiger partial charge in [-0.2, -0.15) is 0 Å². The van der Waals surface area contributed by atoms with Crippen LogP contribution < -0.4 is 9.80 Å². The fourth-order valence-electron chi connectivity index (χ4n) is 11.4. The summed E-state index contributed by atoms with van der Waals surface area (Å²) in [5.41, 5.74) is 20.8. The Hall–Kier alpha value is -8.66. The van der Waals surface area contributed by atoms with Gasteiger partial charge in [0.25, 0.3) is 0 Å². The third-order valence-electron chi connectivity index (χ3n) is 14.9. The molecule has 0 saturated heterocycles. The van der Waals surface area contributed by atoms with Crippen LogP contribution in [-0.4, -0.2) is 4.57 Å². The minimum Gasteiger partial charge on any atom is -0.311 e. The van der Waals surface area contributed by atoms with E-state index >= 15 is 0 Å². The van der Waals surface area contributed by atoms with E-state index in [-0.39, 0.29) is 5.41 Å². The van der Waals surface area contributed by atoms with Crippen LogP contribution in [0, 0.1) is 0 Å². The highest BCUT2D eigenvalue weighted by atomic mass is 15.1. The Morgan fingerprint density at radius 3 is 1.54 bits per heavy atom. The van der Waals surface area contributed by atoms with Crippen molar-refractivity contribution in [1.82, 2.24) is 4.57 Å². The molecule has 0 aliphatic heterocycles. The maximum absolute atomic E-state index is 2.45. The van der Waals surface area contributed by atoms with Gasteiger partial charge in [0.15, 0.2) is 0 Å². The molecule has 70 heavy (non-hydrogen) atoms. The summed E-state index contributed by atoms with van der Waals surface area (Å²) in [5.74, 6) is 0. The van der Waals surface area contributed by atoms with Crippen molar-refractivity contribution < 1.29 is 0 Å². The van der Waals surface area contributed by atoms with Crippen LogP contribution >= 0.6 is 0 Å². The van der Waals surface area contributed by atoms with Crippen LogP contribution in [0.3, 0.4) is 0 Å². The lowest BCUT2D eigenvalue weighted by Gasteiger charge is -2.29. The van der Waals surface area contributed by atoms with Gasteiger partial charge in [0, 0.05) is 56.0 Å². The van der Waals surface area contributed by atoms with E-state index in [9.17, 15) is 0 Å². The molecule has 0 saturated carbocycles. The van der Waals surface area contributed by atoms with E-state index in [1.807, 2.05) is 0 Å². The largest absolute Gasteiger partial charge is 0.311 e. The highest BCUT2D eigenvalue weighted by molar-refractivity contribution is 6.22. The van der Waals surface area contributed by atoms with E-state index in [1.165, 1.54) is 71.5 Å². The minimum atomic E-state index is -0.0405. The molecule has 0 bridgehead atoms. The molecule has 1 aromatic heterocycles. The second kappa shape index (κ2) is 16.8. The van der Waals surface area contributed by atoms with Crippen molar-refractivity contribution in [3.63, 3.8) is 0 Å². The highest BCUT2D eigenvalue weighted by Gasteiger charge is 2.37. The smallest absolute Gasteiger partial charge is 0.0547 e. The van der Waals surface area contributed by atoms with Gasteiger partial charge in [-0.05, 0) is 166 Å². The first kappa shape index (κ1) is 41.5. The van der Waals surface area contributed by atoms with Crippen molar-refractivity contribution in [2.75, 3.05) is 9.80 Å². The molecular weight excluding hydrogens is 847 g/mol. The summed E-state index contributed by atoms with van der Waals surface area (Å²) in [6.45, 7) is 4.82. The Morgan fingerprint density at radius 1 is 0.414 bits per heavy atom. The van der Waals surface area contributed by atoms with Crippen molar-refractivity contribution in [3.05, 3.63) is 265 Å². The van der Waals surface area contributed by atoms with Gasteiger partial charge >= 0.3 is 0 Å². The summed E-state index contributed by atoms with van der Waals surface area (Å²) in [5, 5.41) is 5.06. The fraction of sp³-hybridized carbons (Fsp3) is 0.0746. The molecule has 0 N–H and O–H groups in total. The quantitative estimate of drug-likeness (QED) is 0.143. The fourth-order valence-corrected chi connectivity index (χ4v) is 11.4. The van der Waals surface area contributed by atoms with E-state index in [2.05, 4.69) is 277 Å². The Kier molecular flexibility index (Phi) is 9.99. The summed E-state index contributed by atoms with van der Waals surface area (Å²) in [6, 6.07) is 86.6. The Balaban J connectivity index is 0.881. The second-order valence-corrected chi connectivity index (χ2v) is 19.3. The summed E-state index contributed by atoms with van der Waals surface area (Å²) in [4.78, 5) is 4.74. The van der Waals surface area contributed by atoms with Crippen LogP contribution in [0.2, 0.25) is 0 Å². The van der Waals surface area contributed by atoms with Gasteiger partial charge in [0.1, 0.15) is 0 Å². The number of hydrogen-bond donors (Lipinski definition) is 0. The number of aromatic nitrogens is 1. The SMILES string of the molecule is CC1(C)C2=C(C=CCC2)c2ccc(N(c3ccc(-c4ccc(N(c5ccccc5)c5ccccc5)cc4)cc3)c3ccc(-c4ccc5c(c4)c4c6ccccc6ccc4n5-c4ccccc4)cc3)cc21. The normalized spacial score (nSPS) is 13.7. The molecule has 3 nitrogen and oxygen atoms in total. The molecular formula is C67H51N3. The van der Waals surface area contributed by atoms with Gasteiger partial charge in [0.05, 0.1) is 11.0 Å². The molecule has 0 atom stereocenters. The topological polar surface area (TPSA) is 11.4 Å². The number of rotatable bonds is 9. The van der Waals surface area contributed by atoms with E-state index in [0.717, 1.165) is 52.7 Å². The molecule has 2 aliphatic rings. The number of para-hydroxylation sites is 3. The van der Waals surface area contributed by atoms with E-state index in [4.69, 9.17) is 0 Å². The molecule has 13 rings (SSSR count). The van der Waals surface area contributed by atoms with Gasteiger partial charge < -0.3 is 14.4 Å². The van der Waals surface area contributed by atoms with Crippen LogP contribution in [0.25, 0.3) is 66.1 Å². The Labute approximate surface area is 410 Å². The second-order valence-electron chi connectivity index (χ2n) is 19.3. The van der Waals surface area contributed by atoms with E-state index < -0.39 is 0 Å². The predicted octanol–water partition coefficient (Wildman–Crippen LogP) is 18.6. The maximum atomic E-state index is 2.45. The number of benzene rings is 10. The van der Waals surface area contributed by atoms with Crippen LogP contribution in [0.15, 0.2) is 254 Å². The number of allylic oxidation sites excluding steroid dienone is 4. The van der Waals surface area contributed by atoms with E-state index in [1.54, 1.807) is 5.57 Å². The third-order valence-corrected chi connectivity index (χ3v) is 14.9. The lowest BCUT2D eigenvalue weighted by atomic mass is 9.78. The first-order valence-electron chi connectivity index (χ1n) is 24.6.